The number of nitro groups is 1. The Morgan fingerprint density at radius 2 is 1.96 bits per heavy atom. The summed E-state index contributed by atoms with van der Waals surface area (Å²) in [4.78, 5) is 14.3. The van der Waals surface area contributed by atoms with Crippen LogP contribution in [0.3, 0.4) is 0 Å². The largest absolute Gasteiger partial charge is 0.280 e. The summed E-state index contributed by atoms with van der Waals surface area (Å²) in [6.45, 7) is 3.20. The number of nitrogens with one attached hydrogen (secondary N) is 2. The number of H-pyrrole nitrogens is 1. The van der Waals surface area contributed by atoms with E-state index in [9.17, 15) is 18.5 Å². The summed E-state index contributed by atoms with van der Waals surface area (Å²) >= 11 is 5.96. The van der Waals surface area contributed by atoms with Gasteiger partial charge in [-0.25, -0.2) is 13.4 Å². The van der Waals surface area contributed by atoms with E-state index in [0.29, 0.717) is 17.2 Å². The Bertz CT molecular complexity index is 1140. The van der Waals surface area contributed by atoms with Crippen LogP contribution < -0.4 is 4.72 Å². The standard InChI is InChI=1S/C16H14ClN5O4S/c1-9-14(17)7-13(8-15(9)22(23)24)27(25,26)21-12-5-3-4-11(6-12)16-18-10(2)19-20-16/h3-8,21H,1-2H3,(H,18,19,20). The first-order valence-electron chi connectivity index (χ1n) is 7.64. The van der Waals surface area contributed by atoms with Gasteiger partial charge in [0.1, 0.15) is 5.82 Å². The lowest BCUT2D eigenvalue weighted by atomic mass is 10.2. The lowest BCUT2D eigenvalue weighted by Gasteiger charge is -2.10. The van der Waals surface area contributed by atoms with E-state index in [1.54, 1.807) is 31.2 Å². The molecule has 0 aliphatic heterocycles. The highest BCUT2D eigenvalue weighted by molar-refractivity contribution is 7.92. The molecule has 0 saturated heterocycles. The number of nitro benzene ring substituents is 1. The Hall–Kier alpha value is -2.98. The van der Waals surface area contributed by atoms with Crippen LogP contribution in [-0.4, -0.2) is 28.5 Å². The first-order valence-corrected chi connectivity index (χ1v) is 9.50. The van der Waals surface area contributed by atoms with Crippen molar-refractivity contribution in [2.45, 2.75) is 18.7 Å². The normalized spacial score (nSPS) is 11.4. The molecule has 0 aliphatic rings. The number of hydrogen-bond acceptors (Lipinski definition) is 6. The molecule has 2 N–H and O–H groups in total. The molecule has 0 fully saturated rings. The molecule has 2 aromatic carbocycles. The highest BCUT2D eigenvalue weighted by atomic mass is 35.5. The zero-order chi connectivity index (χ0) is 19.8. The van der Waals surface area contributed by atoms with E-state index in [1.807, 2.05) is 0 Å². The number of aromatic amines is 1. The third kappa shape index (κ3) is 3.91. The summed E-state index contributed by atoms with van der Waals surface area (Å²) in [5.74, 6) is 1.04. The van der Waals surface area contributed by atoms with Crippen LogP contribution in [0.4, 0.5) is 11.4 Å². The molecule has 0 radical (unpaired) electrons. The molecule has 0 atom stereocenters. The first-order chi connectivity index (χ1) is 12.7. The molecule has 0 aliphatic carbocycles. The predicted molar refractivity (Wildman–Crippen MR) is 100 cm³/mol. The fourth-order valence-corrected chi connectivity index (χ4v) is 3.77. The van der Waals surface area contributed by atoms with E-state index in [0.717, 1.165) is 6.07 Å². The van der Waals surface area contributed by atoms with Gasteiger partial charge in [0.25, 0.3) is 15.7 Å². The minimum absolute atomic E-state index is 0.00507. The van der Waals surface area contributed by atoms with Crippen LogP contribution in [0.2, 0.25) is 5.02 Å². The molecule has 27 heavy (non-hydrogen) atoms. The summed E-state index contributed by atoms with van der Waals surface area (Å²) in [7, 11) is -4.09. The van der Waals surface area contributed by atoms with E-state index in [2.05, 4.69) is 19.9 Å². The minimum atomic E-state index is -4.09. The number of aryl methyl sites for hydroxylation is 1. The number of anilines is 1. The monoisotopic (exact) mass is 407 g/mol. The number of sulfonamides is 1. The van der Waals surface area contributed by atoms with Gasteiger partial charge in [-0.1, -0.05) is 23.7 Å². The highest BCUT2D eigenvalue weighted by Crippen LogP contribution is 2.30. The van der Waals surface area contributed by atoms with Crippen LogP contribution in [-0.2, 0) is 10.0 Å². The van der Waals surface area contributed by atoms with Crippen LogP contribution in [0.25, 0.3) is 11.4 Å². The minimum Gasteiger partial charge on any atom is -0.280 e. The molecule has 0 spiro atoms. The van der Waals surface area contributed by atoms with Gasteiger partial charge in [-0.05, 0) is 32.0 Å². The third-order valence-corrected chi connectivity index (χ3v) is 5.52. The van der Waals surface area contributed by atoms with E-state index < -0.39 is 14.9 Å². The van der Waals surface area contributed by atoms with Crippen molar-refractivity contribution in [3.63, 3.8) is 0 Å². The lowest BCUT2D eigenvalue weighted by Crippen LogP contribution is -2.13. The second-order valence-corrected chi connectivity index (χ2v) is 7.83. The lowest BCUT2D eigenvalue weighted by molar-refractivity contribution is -0.385. The summed E-state index contributed by atoms with van der Waals surface area (Å²) in [6.07, 6.45) is 0. The van der Waals surface area contributed by atoms with E-state index in [1.165, 1.54) is 13.0 Å². The van der Waals surface area contributed by atoms with Gasteiger partial charge in [0.15, 0.2) is 5.82 Å². The zero-order valence-corrected chi connectivity index (χ0v) is 15.8. The second-order valence-electron chi connectivity index (χ2n) is 5.74. The summed E-state index contributed by atoms with van der Waals surface area (Å²) in [5.41, 5.74) is 0.692. The molecule has 0 bridgehead atoms. The Morgan fingerprint density at radius 1 is 1.22 bits per heavy atom. The van der Waals surface area contributed by atoms with Crippen molar-refractivity contribution in [1.82, 2.24) is 15.2 Å². The molecular formula is C16H14ClN5O4S. The number of rotatable bonds is 5. The van der Waals surface area contributed by atoms with Gasteiger partial charge in [-0.3, -0.25) is 19.9 Å². The Balaban J connectivity index is 1.97. The van der Waals surface area contributed by atoms with Crippen molar-refractivity contribution < 1.29 is 13.3 Å². The smallest absolute Gasteiger partial charge is 0.275 e. The van der Waals surface area contributed by atoms with Crippen molar-refractivity contribution in [2.24, 2.45) is 0 Å². The van der Waals surface area contributed by atoms with Crippen LogP contribution in [0.15, 0.2) is 41.3 Å². The van der Waals surface area contributed by atoms with Gasteiger partial charge in [0.2, 0.25) is 0 Å². The number of hydrogen-bond donors (Lipinski definition) is 2. The van der Waals surface area contributed by atoms with Crippen LogP contribution >= 0.6 is 11.6 Å². The van der Waals surface area contributed by atoms with Crippen LogP contribution in [0.1, 0.15) is 11.4 Å². The summed E-state index contributed by atoms with van der Waals surface area (Å²) in [6, 6.07) is 8.63. The average Bonchev–Trinajstić information content (AvgIpc) is 3.03. The number of aromatic nitrogens is 3. The van der Waals surface area contributed by atoms with E-state index in [4.69, 9.17) is 11.6 Å². The molecule has 3 rings (SSSR count). The third-order valence-electron chi connectivity index (χ3n) is 3.77. The molecule has 1 aromatic heterocycles. The van der Waals surface area contributed by atoms with Gasteiger partial charge < -0.3 is 0 Å². The average molecular weight is 408 g/mol. The van der Waals surface area contributed by atoms with E-state index in [-0.39, 0.29) is 26.9 Å². The highest BCUT2D eigenvalue weighted by Gasteiger charge is 2.22. The number of benzene rings is 2. The number of halogens is 1. The molecule has 0 amide bonds. The molecule has 0 unspecified atom stereocenters. The van der Waals surface area contributed by atoms with Crippen molar-refractivity contribution in [2.75, 3.05) is 4.72 Å². The molecule has 0 saturated carbocycles. The summed E-state index contributed by atoms with van der Waals surface area (Å²) < 4.78 is 27.7. The Labute approximate surface area is 159 Å². The SMILES string of the molecule is Cc1nc(-c2cccc(NS(=O)(=O)c3cc(Cl)c(C)c([N+](=O)[O-])c3)c2)n[nH]1. The van der Waals surface area contributed by atoms with Crippen molar-refractivity contribution in [1.29, 1.82) is 0 Å². The van der Waals surface area contributed by atoms with Crippen molar-refractivity contribution in [3.8, 4) is 11.4 Å². The maximum atomic E-state index is 12.7. The molecule has 9 nitrogen and oxygen atoms in total. The van der Waals surface area contributed by atoms with Crippen molar-refractivity contribution >= 4 is 33.0 Å². The maximum Gasteiger partial charge on any atom is 0.275 e. The molecule has 3 aromatic rings. The fourth-order valence-electron chi connectivity index (χ4n) is 2.39. The van der Waals surface area contributed by atoms with Gasteiger partial charge in [-0.15, -0.1) is 0 Å². The second kappa shape index (κ2) is 6.97. The fraction of sp³-hybridized carbons (Fsp3) is 0.125. The predicted octanol–water partition coefficient (Wildman–Crippen LogP) is 3.45. The van der Waals surface area contributed by atoms with Gasteiger partial charge in [0.05, 0.1) is 14.8 Å². The van der Waals surface area contributed by atoms with E-state index >= 15 is 0 Å². The van der Waals surface area contributed by atoms with Gasteiger partial charge >= 0.3 is 0 Å². The zero-order valence-electron chi connectivity index (χ0n) is 14.2. The van der Waals surface area contributed by atoms with Gasteiger partial charge in [-0.2, -0.15) is 5.10 Å². The maximum absolute atomic E-state index is 12.7. The Kier molecular flexibility index (Phi) is 4.85. The first kappa shape index (κ1) is 18.8. The van der Waals surface area contributed by atoms with Crippen molar-refractivity contribution in [3.05, 3.63) is 62.9 Å². The van der Waals surface area contributed by atoms with Crippen LogP contribution in [0.5, 0.6) is 0 Å². The quantitative estimate of drug-likeness (QED) is 0.491. The topological polar surface area (TPSA) is 131 Å². The number of nitrogens with zero attached hydrogens (tertiary/aromatic N) is 3. The molecular weight excluding hydrogens is 394 g/mol. The van der Waals surface area contributed by atoms with Gasteiger partial charge in [0, 0.05) is 22.9 Å². The molecule has 140 valence electrons. The van der Waals surface area contributed by atoms with Crippen LogP contribution in [0, 0.1) is 24.0 Å². The summed E-state index contributed by atoms with van der Waals surface area (Å²) in [5, 5.41) is 17.9. The Morgan fingerprint density at radius 3 is 2.59 bits per heavy atom. The molecule has 1 heterocycles. The molecule has 11 heteroatoms.